The number of imidazole rings is 1. The van der Waals surface area contributed by atoms with Gasteiger partial charge in [0.25, 0.3) is 0 Å². The van der Waals surface area contributed by atoms with Crippen LogP contribution < -0.4 is 4.90 Å². The summed E-state index contributed by atoms with van der Waals surface area (Å²) in [4.78, 5) is 23.8. The van der Waals surface area contributed by atoms with Gasteiger partial charge in [0.2, 0.25) is 5.91 Å². The Balaban J connectivity index is 1.59. The molecule has 0 fully saturated rings. The van der Waals surface area contributed by atoms with Crippen LogP contribution in [0.5, 0.6) is 0 Å². The number of amides is 1. The van der Waals surface area contributed by atoms with Crippen LogP contribution in [0.3, 0.4) is 0 Å². The molecule has 0 aliphatic heterocycles. The molecule has 0 saturated carbocycles. The highest BCUT2D eigenvalue weighted by molar-refractivity contribution is 7.22. The van der Waals surface area contributed by atoms with Gasteiger partial charge < -0.3 is 4.57 Å². The third-order valence-electron chi connectivity index (χ3n) is 4.98. The zero-order chi connectivity index (χ0) is 21.1. The fourth-order valence-electron chi connectivity index (χ4n) is 3.50. The van der Waals surface area contributed by atoms with E-state index in [1.54, 1.807) is 29.6 Å². The van der Waals surface area contributed by atoms with Gasteiger partial charge >= 0.3 is 0 Å². The van der Waals surface area contributed by atoms with E-state index in [0.717, 1.165) is 34.3 Å². The SMILES string of the molecule is Cc1cc(C)c2nc(N(CCCn3ccnc3)C(=O)Cc3ccc(F)cc3)sc2c1. The van der Waals surface area contributed by atoms with E-state index in [-0.39, 0.29) is 18.1 Å². The van der Waals surface area contributed by atoms with Gasteiger partial charge in [0, 0.05) is 25.5 Å². The van der Waals surface area contributed by atoms with E-state index in [0.29, 0.717) is 11.7 Å². The molecule has 1 amide bonds. The topological polar surface area (TPSA) is 51.0 Å². The van der Waals surface area contributed by atoms with E-state index in [2.05, 4.69) is 24.0 Å². The summed E-state index contributed by atoms with van der Waals surface area (Å²) < 4.78 is 16.3. The van der Waals surface area contributed by atoms with E-state index in [1.807, 2.05) is 17.7 Å². The maximum atomic E-state index is 13.2. The predicted molar refractivity (Wildman–Crippen MR) is 118 cm³/mol. The molecule has 0 aliphatic carbocycles. The number of hydrogen-bond acceptors (Lipinski definition) is 4. The van der Waals surface area contributed by atoms with Crippen LogP contribution in [0.25, 0.3) is 10.2 Å². The van der Waals surface area contributed by atoms with E-state index in [1.165, 1.54) is 29.0 Å². The molecule has 2 heterocycles. The molecule has 2 aromatic heterocycles. The number of hydrogen-bond donors (Lipinski definition) is 0. The Morgan fingerprint density at radius 1 is 1.20 bits per heavy atom. The van der Waals surface area contributed by atoms with Gasteiger partial charge in [-0.05, 0) is 55.2 Å². The molecular weight excluding hydrogens is 399 g/mol. The Hall–Kier alpha value is -3.06. The average Bonchev–Trinajstić information content (AvgIpc) is 3.36. The molecule has 5 nitrogen and oxygen atoms in total. The monoisotopic (exact) mass is 422 g/mol. The molecule has 0 N–H and O–H groups in total. The van der Waals surface area contributed by atoms with Crippen molar-refractivity contribution in [2.45, 2.75) is 33.2 Å². The third-order valence-corrected chi connectivity index (χ3v) is 6.00. The highest BCUT2D eigenvalue weighted by Crippen LogP contribution is 2.32. The minimum atomic E-state index is -0.305. The maximum absolute atomic E-state index is 13.2. The summed E-state index contributed by atoms with van der Waals surface area (Å²) in [7, 11) is 0. The molecule has 0 unspecified atom stereocenters. The van der Waals surface area contributed by atoms with E-state index < -0.39 is 0 Å². The van der Waals surface area contributed by atoms with Crippen molar-refractivity contribution in [2.75, 3.05) is 11.4 Å². The predicted octanol–water partition coefficient (Wildman–Crippen LogP) is 4.91. The molecule has 30 heavy (non-hydrogen) atoms. The van der Waals surface area contributed by atoms with Crippen LogP contribution in [0, 0.1) is 19.7 Å². The van der Waals surface area contributed by atoms with Crippen molar-refractivity contribution in [3.63, 3.8) is 0 Å². The third kappa shape index (κ3) is 4.57. The van der Waals surface area contributed by atoms with Gasteiger partial charge in [0.05, 0.1) is 23.0 Å². The average molecular weight is 423 g/mol. The number of carbonyl (C=O) groups is 1. The molecule has 0 saturated heterocycles. The van der Waals surface area contributed by atoms with Gasteiger partial charge in [0.1, 0.15) is 5.82 Å². The van der Waals surface area contributed by atoms with Crippen molar-refractivity contribution >= 4 is 32.6 Å². The van der Waals surface area contributed by atoms with Crippen LogP contribution in [0.4, 0.5) is 9.52 Å². The largest absolute Gasteiger partial charge is 0.337 e. The number of aromatic nitrogens is 3. The van der Waals surface area contributed by atoms with Crippen molar-refractivity contribution in [1.29, 1.82) is 0 Å². The smallest absolute Gasteiger partial charge is 0.233 e. The van der Waals surface area contributed by atoms with Gasteiger partial charge in [-0.2, -0.15) is 0 Å². The minimum Gasteiger partial charge on any atom is -0.337 e. The van der Waals surface area contributed by atoms with Gasteiger partial charge in [-0.15, -0.1) is 0 Å². The highest BCUT2D eigenvalue weighted by atomic mass is 32.1. The van der Waals surface area contributed by atoms with Crippen LogP contribution in [0.15, 0.2) is 55.1 Å². The lowest BCUT2D eigenvalue weighted by atomic mass is 10.1. The number of halogens is 1. The van der Waals surface area contributed by atoms with Gasteiger partial charge in [0.15, 0.2) is 5.13 Å². The molecule has 2 aromatic carbocycles. The lowest BCUT2D eigenvalue weighted by molar-refractivity contribution is -0.118. The molecule has 0 bridgehead atoms. The fraction of sp³-hybridized carbons (Fsp3) is 0.261. The first kappa shape index (κ1) is 20.2. The second-order valence-corrected chi connectivity index (χ2v) is 8.44. The van der Waals surface area contributed by atoms with Crippen molar-refractivity contribution in [1.82, 2.24) is 14.5 Å². The summed E-state index contributed by atoms with van der Waals surface area (Å²) in [5.74, 6) is -0.346. The molecule has 0 atom stereocenters. The first-order chi connectivity index (χ1) is 14.5. The molecule has 154 valence electrons. The molecule has 4 aromatic rings. The lowest BCUT2D eigenvalue weighted by Gasteiger charge is -2.20. The standard InChI is InChI=1S/C23H23FN4OS/c1-16-12-17(2)22-20(13-16)30-23(26-22)28(10-3-9-27-11-8-25-15-27)21(29)14-18-4-6-19(24)7-5-18/h4-8,11-13,15H,3,9-10,14H2,1-2H3. The van der Waals surface area contributed by atoms with Gasteiger partial charge in [-0.3, -0.25) is 9.69 Å². The van der Waals surface area contributed by atoms with Crippen molar-refractivity contribution in [3.05, 3.63) is 77.6 Å². The molecule has 0 aliphatic rings. The summed E-state index contributed by atoms with van der Waals surface area (Å²) in [6, 6.07) is 10.3. The van der Waals surface area contributed by atoms with Gasteiger partial charge in [-0.25, -0.2) is 14.4 Å². The van der Waals surface area contributed by atoms with Crippen LogP contribution in [0.2, 0.25) is 0 Å². The van der Waals surface area contributed by atoms with Crippen molar-refractivity contribution in [2.24, 2.45) is 0 Å². The Morgan fingerprint density at radius 2 is 2.00 bits per heavy atom. The molecule has 7 heteroatoms. The van der Waals surface area contributed by atoms with Crippen LogP contribution in [0.1, 0.15) is 23.1 Å². The molecule has 0 spiro atoms. The number of thiazole rings is 1. The summed E-state index contributed by atoms with van der Waals surface area (Å²) in [6.07, 6.45) is 6.41. The van der Waals surface area contributed by atoms with Crippen LogP contribution >= 0.6 is 11.3 Å². The number of benzene rings is 2. The first-order valence-electron chi connectivity index (χ1n) is 9.88. The number of nitrogens with zero attached hydrogens (tertiary/aromatic N) is 4. The van der Waals surface area contributed by atoms with Crippen molar-refractivity contribution in [3.8, 4) is 0 Å². The maximum Gasteiger partial charge on any atom is 0.233 e. The highest BCUT2D eigenvalue weighted by Gasteiger charge is 2.20. The first-order valence-corrected chi connectivity index (χ1v) is 10.7. The second-order valence-electron chi connectivity index (χ2n) is 7.43. The minimum absolute atomic E-state index is 0.0410. The van der Waals surface area contributed by atoms with E-state index in [4.69, 9.17) is 4.98 Å². The Morgan fingerprint density at radius 3 is 2.73 bits per heavy atom. The molecule has 4 rings (SSSR count). The van der Waals surface area contributed by atoms with E-state index in [9.17, 15) is 9.18 Å². The van der Waals surface area contributed by atoms with Crippen LogP contribution in [-0.4, -0.2) is 27.0 Å². The summed E-state index contributed by atoms with van der Waals surface area (Å²) >= 11 is 1.54. The number of carbonyl (C=O) groups excluding carboxylic acids is 1. The Kier molecular flexibility index (Phi) is 5.90. The van der Waals surface area contributed by atoms with Crippen LogP contribution in [-0.2, 0) is 17.8 Å². The molecular formula is C23H23FN4OS. The Labute approximate surface area is 178 Å². The van der Waals surface area contributed by atoms with Crippen molar-refractivity contribution < 1.29 is 9.18 Å². The summed E-state index contributed by atoms with van der Waals surface area (Å²) in [5, 5.41) is 0.705. The quantitative estimate of drug-likeness (QED) is 0.425. The lowest BCUT2D eigenvalue weighted by Crippen LogP contribution is -2.33. The summed E-state index contributed by atoms with van der Waals surface area (Å²) in [6.45, 7) is 5.43. The zero-order valence-electron chi connectivity index (χ0n) is 17.0. The normalized spacial score (nSPS) is 11.2. The number of aryl methyl sites for hydroxylation is 3. The van der Waals surface area contributed by atoms with Gasteiger partial charge in [-0.1, -0.05) is 29.5 Å². The number of rotatable bonds is 7. The zero-order valence-corrected chi connectivity index (χ0v) is 17.8. The summed E-state index contributed by atoms with van der Waals surface area (Å²) in [5.41, 5.74) is 4.01. The van der Waals surface area contributed by atoms with E-state index >= 15 is 0 Å². The Bertz CT molecular complexity index is 1150. The number of fused-ring (bicyclic) bond motifs is 1. The molecule has 0 radical (unpaired) electrons. The number of anilines is 1. The fourth-order valence-corrected chi connectivity index (χ4v) is 4.69. The second kappa shape index (κ2) is 8.75.